The Balaban J connectivity index is 2.38. The third kappa shape index (κ3) is 5.24. The van der Waals surface area contributed by atoms with E-state index in [4.69, 9.17) is 69.6 Å². The minimum Gasteiger partial charge on any atom is -0.207 e. The van der Waals surface area contributed by atoms with Crippen LogP contribution in [-0.2, 0) is 16.6 Å². The predicted molar refractivity (Wildman–Crippen MR) is 95.4 cm³/mol. The second-order valence-electron chi connectivity index (χ2n) is 3.91. The first-order chi connectivity index (χ1) is 9.66. The SMILES string of the molecule is ClC(Cl)(Cl)C1=NC(C(Cl)(Cl)Cl)=NS(Cc2ccccc2)=N1. The molecule has 2 rings (SSSR count). The number of alkyl halides is 6. The summed E-state index contributed by atoms with van der Waals surface area (Å²) in [5.74, 6) is 0.427. The van der Waals surface area contributed by atoms with Gasteiger partial charge in [0, 0.05) is 10.9 Å². The van der Waals surface area contributed by atoms with Gasteiger partial charge in [0.2, 0.25) is 0 Å². The van der Waals surface area contributed by atoms with Gasteiger partial charge in [-0.1, -0.05) is 99.9 Å². The van der Waals surface area contributed by atoms with Crippen LogP contribution in [0.25, 0.3) is 0 Å². The molecule has 1 aromatic rings. The van der Waals surface area contributed by atoms with E-state index in [0.717, 1.165) is 5.56 Å². The van der Waals surface area contributed by atoms with Crippen molar-refractivity contribution in [3.05, 3.63) is 35.9 Å². The topological polar surface area (TPSA) is 37.1 Å². The number of rotatable bonds is 2. The highest BCUT2D eigenvalue weighted by Crippen LogP contribution is 2.35. The fraction of sp³-hybridized carbons (Fsp3) is 0.273. The third-order valence-electron chi connectivity index (χ3n) is 2.24. The highest BCUT2D eigenvalue weighted by molar-refractivity contribution is 7.85. The number of hydrogen-bond donors (Lipinski definition) is 0. The van der Waals surface area contributed by atoms with Gasteiger partial charge in [-0.05, 0) is 5.56 Å². The number of aliphatic imine (C=N–C) groups is 1. The maximum Gasteiger partial charge on any atom is 0.250 e. The fourth-order valence-corrected chi connectivity index (χ4v) is 3.60. The predicted octanol–water partition coefficient (Wildman–Crippen LogP) is 5.45. The first-order valence-electron chi connectivity index (χ1n) is 5.45. The lowest BCUT2D eigenvalue weighted by atomic mass is 10.2. The van der Waals surface area contributed by atoms with Gasteiger partial charge in [-0.25, -0.2) is 4.99 Å². The molecule has 10 heteroatoms. The molecule has 0 amide bonds. The second kappa shape index (κ2) is 6.91. The highest BCUT2D eigenvalue weighted by atomic mass is 35.6. The minimum atomic E-state index is -1.81. The summed E-state index contributed by atoms with van der Waals surface area (Å²) < 4.78 is 4.85. The Bertz CT molecular complexity index is 600. The van der Waals surface area contributed by atoms with Gasteiger partial charge in [-0.2, -0.15) is 8.76 Å². The normalized spacial score (nSPS) is 19.6. The van der Waals surface area contributed by atoms with E-state index in [2.05, 4.69) is 13.8 Å². The van der Waals surface area contributed by atoms with Crippen LogP contribution in [0.3, 0.4) is 0 Å². The molecule has 0 saturated carbocycles. The Morgan fingerprint density at radius 2 is 1.43 bits per heavy atom. The van der Waals surface area contributed by atoms with E-state index in [1.807, 2.05) is 30.3 Å². The van der Waals surface area contributed by atoms with E-state index < -0.39 is 18.5 Å². The van der Waals surface area contributed by atoms with Crippen LogP contribution >= 0.6 is 69.6 Å². The molecule has 1 atom stereocenters. The van der Waals surface area contributed by atoms with Gasteiger partial charge in [0.05, 0.1) is 5.75 Å². The van der Waals surface area contributed by atoms with Crippen LogP contribution in [0.15, 0.2) is 44.1 Å². The van der Waals surface area contributed by atoms with Gasteiger partial charge in [0.25, 0.3) is 7.59 Å². The van der Waals surface area contributed by atoms with Gasteiger partial charge < -0.3 is 0 Å². The Morgan fingerprint density at radius 3 is 1.95 bits per heavy atom. The molecule has 0 bridgehead atoms. The average molecular weight is 426 g/mol. The first-order valence-corrected chi connectivity index (χ1v) is 9.02. The lowest BCUT2D eigenvalue weighted by Gasteiger charge is -2.19. The molecule has 114 valence electrons. The quantitative estimate of drug-likeness (QED) is 0.564. The monoisotopic (exact) mass is 423 g/mol. The molecule has 1 unspecified atom stereocenters. The second-order valence-corrected chi connectivity index (χ2v) is 9.80. The van der Waals surface area contributed by atoms with Gasteiger partial charge in [-0.15, -0.1) is 0 Å². The van der Waals surface area contributed by atoms with Crippen molar-refractivity contribution < 1.29 is 0 Å². The van der Waals surface area contributed by atoms with E-state index in [-0.39, 0.29) is 11.7 Å². The molecule has 3 nitrogen and oxygen atoms in total. The molecule has 1 aromatic carbocycles. The fourth-order valence-electron chi connectivity index (χ4n) is 1.38. The average Bonchev–Trinajstić information content (AvgIpc) is 2.37. The summed E-state index contributed by atoms with van der Waals surface area (Å²) in [6, 6.07) is 9.61. The van der Waals surface area contributed by atoms with Crippen molar-refractivity contribution in [2.45, 2.75) is 13.3 Å². The molecule has 0 saturated heterocycles. The van der Waals surface area contributed by atoms with E-state index >= 15 is 0 Å². The Hall–Kier alpha value is 0.450. The molecule has 1 aliphatic heterocycles. The molecular weight excluding hydrogens is 419 g/mol. The van der Waals surface area contributed by atoms with E-state index in [9.17, 15) is 0 Å². The molecule has 0 spiro atoms. The largest absolute Gasteiger partial charge is 0.250 e. The summed E-state index contributed by atoms with van der Waals surface area (Å²) >= 11 is 34.9. The van der Waals surface area contributed by atoms with E-state index in [1.54, 1.807) is 0 Å². The zero-order valence-electron chi connectivity index (χ0n) is 10.1. The molecular formula is C11H7Cl6N3S. The highest BCUT2D eigenvalue weighted by Gasteiger charge is 2.36. The Kier molecular flexibility index (Phi) is 5.86. The molecule has 0 N–H and O–H groups in total. The van der Waals surface area contributed by atoms with Crippen LogP contribution < -0.4 is 0 Å². The van der Waals surface area contributed by atoms with Crippen molar-refractivity contribution >= 4 is 92.2 Å². The van der Waals surface area contributed by atoms with Crippen molar-refractivity contribution in [2.75, 3.05) is 0 Å². The van der Waals surface area contributed by atoms with Gasteiger partial charge in [0.15, 0.2) is 11.7 Å². The molecule has 0 radical (unpaired) electrons. The summed E-state index contributed by atoms with van der Waals surface area (Å²) in [6.07, 6.45) is 0. The van der Waals surface area contributed by atoms with Crippen molar-refractivity contribution in [3.8, 4) is 0 Å². The van der Waals surface area contributed by atoms with E-state index in [0.29, 0.717) is 5.75 Å². The van der Waals surface area contributed by atoms with Crippen molar-refractivity contribution in [1.82, 2.24) is 0 Å². The van der Waals surface area contributed by atoms with Gasteiger partial charge in [0.1, 0.15) is 0 Å². The van der Waals surface area contributed by atoms with Crippen LogP contribution in [0.2, 0.25) is 0 Å². The van der Waals surface area contributed by atoms with Crippen LogP contribution in [0.1, 0.15) is 5.56 Å². The molecule has 1 heterocycles. The molecule has 21 heavy (non-hydrogen) atoms. The summed E-state index contributed by atoms with van der Waals surface area (Å²) in [4.78, 5) is 3.93. The standard InChI is InChI=1S/C11H7Cl6N3S/c12-10(13,14)8-18-9(11(15,16)17)20-21(19-8)6-7-4-2-1-3-5-7/h1-5H,6H2. The van der Waals surface area contributed by atoms with Crippen LogP contribution in [0.5, 0.6) is 0 Å². The lowest BCUT2D eigenvalue weighted by Crippen LogP contribution is -2.27. The summed E-state index contributed by atoms with van der Waals surface area (Å²) in [7, 11) is -0.873. The van der Waals surface area contributed by atoms with E-state index in [1.165, 1.54) is 0 Å². The lowest BCUT2D eigenvalue weighted by molar-refractivity contribution is 1.32. The molecule has 0 aromatic heterocycles. The smallest absolute Gasteiger partial charge is 0.207 e. The van der Waals surface area contributed by atoms with Crippen LogP contribution in [-0.4, -0.2) is 19.3 Å². The summed E-state index contributed by atoms with van der Waals surface area (Å²) in [5, 5.41) is 0. The number of nitrogens with zero attached hydrogens (tertiary/aromatic N) is 3. The number of amidine groups is 2. The maximum absolute atomic E-state index is 5.82. The first kappa shape index (κ1) is 17.8. The third-order valence-corrected chi connectivity index (χ3v) is 4.61. The Morgan fingerprint density at radius 1 is 0.857 bits per heavy atom. The summed E-state index contributed by atoms with van der Waals surface area (Å²) in [6.45, 7) is 0. The molecule has 1 aliphatic rings. The minimum absolute atomic E-state index is 0.0388. The van der Waals surface area contributed by atoms with Crippen molar-refractivity contribution in [1.29, 1.82) is 0 Å². The number of hydrogen-bond acceptors (Lipinski definition) is 3. The molecule has 0 aliphatic carbocycles. The summed E-state index contributed by atoms with van der Waals surface area (Å²) in [5.41, 5.74) is 1.02. The maximum atomic E-state index is 5.82. The van der Waals surface area contributed by atoms with Gasteiger partial charge >= 0.3 is 0 Å². The zero-order valence-corrected chi connectivity index (χ0v) is 15.5. The number of halogens is 6. The van der Waals surface area contributed by atoms with Gasteiger partial charge in [-0.3, -0.25) is 0 Å². The van der Waals surface area contributed by atoms with Crippen molar-refractivity contribution in [2.24, 2.45) is 13.8 Å². The number of benzene rings is 1. The molecule has 0 fully saturated rings. The van der Waals surface area contributed by atoms with Crippen molar-refractivity contribution in [3.63, 3.8) is 0 Å². The van der Waals surface area contributed by atoms with Crippen LogP contribution in [0, 0.1) is 0 Å². The zero-order chi connectivity index (χ0) is 15.7. The van der Waals surface area contributed by atoms with Crippen LogP contribution in [0.4, 0.5) is 0 Å². The Labute approximate surface area is 154 Å².